The van der Waals surface area contributed by atoms with E-state index in [4.69, 9.17) is 4.42 Å². The van der Waals surface area contributed by atoms with Gasteiger partial charge in [0.2, 0.25) is 5.91 Å². The van der Waals surface area contributed by atoms with Gasteiger partial charge in [-0.25, -0.2) is 0 Å². The number of hydrogen-bond acceptors (Lipinski definition) is 4. The molecule has 0 saturated carbocycles. The van der Waals surface area contributed by atoms with Crippen molar-refractivity contribution < 1.29 is 9.21 Å². The van der Waals surface area contributed by atoms with Gasteiger partial charge in [0, 0.05) is 33.4 Å². The first kappa shape index (κ1) is 18.1. The lowest BCUT2D eigenvalue weighted by atomic mass is 10.2. The minimum atomic E-state index is 0.0949. The molecule has 0 atom stereocenters. The number of furan rings is 1. The van der Waals surface area contributed by atoms with Gasteiger partial charge in [0.15, 0.2) is 0 Å². The van der Waals surface area contributed by atoms with Crippen molar-refractivity contribution in [3.05, 3.63) is 53.5 Å². The molecule has 1 aromatic carbocycles. The average Bonchev–Trinajstić information content (AvgIpc) is 2.92. The minimum absolute atomic E-state index is 0.0949. The van der Waals surface area contributed by atoms with Gasteiger partial charge in [-0.2, -0.15) is 0 Å². The van der Waals surface area contributed by atoms with Gasteiger partial charge in [-0.15, -0.1) is 0 Å². The van der Waals surface area contributed by atoms with Gasteiger partial charge in [0.1, 0.15) is 11.5 Å². The van der Waals surface area contributed by atoms with E-state index < -0.39 is 0 Å². The third-order valence-electron chi connectivity index (χ3n) is 3.93. The molecule has 24 heavy (non-hydrogen) atoms. The lowest BCUT2D eigenvalue weighted by Gasteiger charge is -2.22. The van der Waals surface area contributed by atoms with E-state index in [0.717, 1.165) is 22.8 Å². The van der Waals surface area contributed by atoms with E-state index in [1.54, 1.807) is 4.90 Å². The van der Waals surface area contributed by atoms with Crippen LogP contribution in [0, 0.1) is 6.92 Å². The van der Waals surface area contributed by atoms with E-state index in [1.165, 1.54) is 0 Å². The number of anilines is 1. The predicted molar refractivity (Wildman–Crippen MR) is 97.0 cm³/mol. The summed E-state index contributed by atoms with van der Waals surface area (Å²) in [5, 5.41) is 0. The molecule has 0 bridgehead atoms. The molecule has 0 unspecified atom stereocenters. The summed E-state index contributed by atoms with van der Waals surface area (Å²) in [5.74, 6) is 1.87. The van der Waals surface area contributed by atoms with Crippen molar-refractivity contribution >= 4 is 11.6 Å². The van der Waals surface area contributed by atoms with Gasteiger partial charge in [0.25, 0.3) is 0 Å². The highest BCUT2D eigenvalue weighted by atomic mass is 16.3. The lowest BCUT2D eigenvalue weighted by molar-refractivity contribution is -0.131. The molecule has 0 spiro atoms. The van der Waals surface area contributed by atoms with Crippen LogP contribution in [0.5, 0.6) is 0 Å². The van der Waals surface area contributed by atoms with Crippen molar-refractivity contribution in [3.8, 4) is 0 Å². The number of hydrogen-bond donors (Lipinski definition) is 0. The highest BCUT2D eigenvalue weighted by Crippen LogP contribution is 2.14. The quantitative estimate of drug-likeness (QED) is 0.783. The summed E-state index contributed by atoms with van der Waals surface area (Å²) < 4.78 is 5.55. The van der Waals surface area contributed by atoms with Crippen molar-refractivity contribution in [1.82, 2.24) is 9.80 Å². The zero-order valence-corrected chi connectivity index (χ0v) is 15.2. The van der Waals surface area contributed by atoms with Crippen LogP contribution in [0.2, 0.25) is 0 Å². The van der Waals surface area contributed by atoms with Crippen LogP contribution in [0.15, 0.2) is 40.8 Å². The summed E-state index contributed by atoms with van der Waals surface area (Å²) in [6, 6.07) is 12.2. The van der Waals surface area contributed by atoms with E-state index in [2.05, 4.69) is 29.2 Å². The number of benzene rings is 1. The smallest absolute Gasteiger partial charge is 0.236 e. The number of carbonyl (C=O) groups excluding carboxylic acids is 1. The molecule has 0 saturated heterocycles. The second-order valence-corrected chi connectivity index (χ2v) is 6.50. The first-order valence-corrected chi connectivity index (χ1v) is 8.09. The third kappa shape index (κ3) is 5.13. The van der Waals surface area contributed by atoms with Crippen LogP contribution in [0.1, 0.15) is 17.1 Å². The molecular weight excluding hydrogens is 302 g/mol. The van der Waals surface area contributed by atoms with Gasteiger partial charge in [-0.3, -0.25) is 9.69 Å². The van der Waals surface area contributed by atoms with Crippen LogP contribution in [-0.2, 0) is 17.9 Å². The Hall–Kier alpha value is -2.27. The van der Waals surface area contributed by atoms with E-state index in [0.29, 0.717) is 19.6 Å². The van der Waals surface area contributed by atoms with Crippen molar-refractivity contribution in [3.63, 3.8) is 0 Å². The number of rotatable bonds is 7. The Balaban J connectivity index is 1.84. The second-order valence-electron chi connectivity index (χ2n) is 6.50. The monoisotopic (exact) mass is 329 g/mol. The largest absolute Gasteiger partial charge is 0.465 e. The predicted octanol–water partition coefficient (Wildman–Crippen LogP) is 2.74. The molecule has 1 heterocycles. The minimum Gasteiger partial charge on any atom is -0.465 e. The standard InChI is InChI=1S/C19H27N3O2/c1-15-6-11-18(24-15)13-21(4)14-19(23)22(5)12-16-7-9-17(10-8-16)20(2)3/h6-11H,12-14H2,1-5H3. The summed E-state index contributed by atoms with van der Waals surface area (Å²) in [7, 11) is 7.80. The molecule has 0 radical (unpaired) electrons. The molecule has 1 amide bonds. The molecule has 0 aliphatic rings. The number of carbonyl (C=O) groups is 1. The number of likely N-dealkylation sites (N-methyl/N-ethyl adjacent to an activating group) is 2. The van der Waals surface area contributed by atoms with Crippen molar-refractivity contribution in [2.45, 2.75) is 20.0 Å². The Morgan fingerprint density at radius 2 is 1.62 bits per heavy atom. The van der Waals surface area contributed by atoms with E-state index >= 15 is 0 Å². The average molecular weight is 329 g/mol. The van der Waals surface area contributed by atoms with Gasteiger partial charge < -0.3 is 14.2 Å². The molecule has 0 fully saturated rings. The summed E-state index contributed by atoms with van der Waals surface area (Å²) >= 11 is 0. The van der Waals surface area contributed by atoms with Crippen molar-refractivity contribution in [1.29, 1.82) is 0 Å². The molecule has 130 valence electrons. The molecule has 2 rings (SSSR count). The summed E-state index contributed by atoms with van der Waals surface area (Å²) in [6.07, 6.45) is 0. The Kier molecular flexibility index (Phi) is 6.04. The number of nitrogens with zero attached hydrogens (tertiary/aromatic N) is 3. The van der Waals surface area contributed by atoms with Gasteiger partial charge in [-0.1, -0.05) is 12.1 Å². The zero-order chi connectivity index (χ0) is 17.7. The van der Waals surface area contributed by atoms with Crippen LogP contribution in [0.3, 0.4) is 0 Å². The SMILES string of the molecule is Cc1ccc(CN(C)CC(=O)N(C)Cc2ccc(N(C)C)cc2)o1. The number of amides is 1. The highest BCUT2D eigenvalue weighted by Gasteiger charge is 2.13. The maximum atomic E-state index is 12.4. The van der Waals surface area contributed by atoms with Crippen LogP contribution < -0.4 is 4.90 Å². The Bertz CT molecular complexity index is 662. The highest BCUT2D eigenvalue weighted by molar-refractivity contribution is 5.78. The van der Waals surface area contributed by atoms with Crippen LogP contribution in [0.25, 0.3) is 0 Å². The van der Waals surface area contributed by atoms with Crippen molar-refractivity contribution in [2.75, 3.05) is 39.6 Å². The summed E-state index contributed by atoms with van der Waals surface area (Å²) in [5.41, 5.74) is 2.28. The molecular formula is C19H27N3O2. The summed E-state index contributed by atoms with van der Waals surface area (Å²) in [4.78, 5) is 18.2. The Morgan fingerprint density at radius 1 is 0.958 bits per heavy atom. The second kappa shape index (κ2) is 8.02. The topological polar surface area (TPSA) is 39.9 Å². The van der Waals surface area contributed by atoms with Crippen LogP contribution in [-0.4, -0.2) is 50.4 Å². The van der Waals surface area contributed by atoms with Crippen LogP contribution >= 0.6 is 0 Å². The van der Waals surface area contributed by atoms with E-state index in [9.17, 15) is 4.79 Å². The Labute approximate surface area is 144 Å². The molecule has 0 N–H and O–H groups in total. The molecule has 1 aromatic heterocycles. The zero-order valence-electron chi connectivity index (χ0n) is 15.2. The molecule has 2 aromatic rings. The van der Waals surface area contributed by atoms with Gasteiger partial charge in [-0.05, 0) is 43.8 Å². The normalized spacial score (nSPS) is 10.9. The fraction of sp³-hybridized carbons (Fsp3) is 0.421. The first-order valence-electron chi connectivity index (χ1n) is 8.09. The van der Waals surface area contributed by atoms with Crippen molar-refractivity contribution in [2.24, 2.45) is 0 Å². The fourth-order valence-corrected chi connectivity index (χ4v) is 2.51. The fourth-order valence-electron chi connectivity index (χ4n) is 2.51. The third-order valence-corrected chi connectivity index (χ3v) is 3.93. The maximum absolute atomic E-state index is 12.4. The molecule has 0 aliphatic carbocycles. The molecule has 5 heteroatoms. The molecule has 0 aliphatic heterocycles. The summed E-state index contributed by atoms with van der Waals surface area (Å²) in [6.45, 7) is 3.53. The Morgan fingerprint density at radius 3 is 2.17 bits per heavy atom. The maximum Gasteiger partial charge on any atom is 0.236 e. The lowest BCUT2D eigenvalue weighted by Crippen LogP contribution is -2.36. The van der Waals surface area contributed by atoms with E-state index in [-0.39, 0.29) is 5.91 Å². The first-order chi connectivity index (χ1) is 11.3. The number of aryl methyl sites for hydroxylation is 1. The van der Waals surface area contributed by atoms with Gasteiger partial charge in [0.05, 0.1) is 13.1 Å². The van der Waals surface area contributed by atoms with E-state index in [1.807, 2.05) is 52.1 Å². The van der Waals surface area contributed by atoms with Gasteiger partial charge >= 0.3 is 0 Å². The van der Waals surface area contributed by atoms with Crippen LogP contribution in [0.4, 0.5) is 5.69 Å². The molecule has 5 nitrogen and oxygen atoms in total.